The molecule has 7 heteroatoms. The molecule has 0 unspecified atom stereocenters. The number of methoxy groups -OCH3 is 1. The average molecular weight is 266 g/mol. The number of nitrogen functional groups attached to an aromatic ring is 1. The molecule has 0 amide bonds. The summed E-state index contributed by atoms with van der Waals surface area (Å²) in [5, 5.41) is 9.82. The Morgan fingerprint density at radius 2 is 2.17 bits per heavy atom. The van der Waals surface area contributed by atoms with Crippen LogP contribution in [-0.4, -0.2) is 22.3 Å². The number of ether oxygens (including phenoxy) is 1. The van der Waals surface area contributed by atoms with Gasteiger partial charge in [0.25, 0.3) is 0 Å². The molecular weight excluding hydrogens is 254 g/mol. The van der Waals surface area contributed by atoms with Crippen LogP contribution in [0.1, 0.15) is 0 Å². The summed E-state index contributed by atoms with van der Waals surface area (Å²) >= 11 is 0. The molecule has 0 saturated carbocycles. The topological polar surface area (TPSA) is 88.8 Å². The number of hydrogen-bond donors (Lipinski definition) is 3. The lowest BCUT2D eigenvalue weighted by Crippen LogP contribution is -2.09. The van der Waals surface area contributed by atoms with Crippen molar-refractivity contribution in [3.05, 3.63) is 24.4 Å². The first-order valence-corrected chi connectivity index (χ1v) is 5.11. The molecule has 0 atom stereocenters. The summed E-state index contributed by atoms with van der Waals surface area (Å²) in [6, 6.07) is 5.80. The van der Waals surface area contributed by atoms with E-state index in [1.807, 2.05) is 18.2 Å². The number of anilines is 1. The van der Waals surface area contributed by atoms with Gasteiger partial charge in [0, 0.05) is 16.3 Å². The lowest BCUT2D eigenvalue weighted by Gasteiger charge is -1.99. The normalized spacial score (nSPS) is 10.3. The van der Waals surface area contributed by atoms with Gasteiger partial charge in [-0.25, -0.2) is 5.84 Å². The van der Waals surface area contributed by atoms with E-state index in [0.29, 0.717) is 5.82 Å². The van der Waals surface area contributed by atoms with Gasteiger partial charge in [0.05, 0.1) is 18.8 Å². The second-order valence-corrected chi connectivity index (χ2v) is 3.66. The van der Waals surface area contributed by atoms with E-state index in [1.54, 1.807) is 13.3 Å². The zero-order chi connectivity index (χ0) is 11.8. The third-order valence-corrected chi connectivity index (χ3v) is 2.76. The lowest BCUT2D eigenvalue weighted by molar-refractivity contribution is 0.415. The number of nitrogens with two attached hydrogens (primary N) is 1. The number of aromatic amines is 1. The number of aromatic nitrogens is 3. The Bertz CT molecular complexity index is 696. The molecule has 0 bridgehead atoms. The highest BCUT2D eigenvalue weighted by atomic mass is 35.5. The number of H-pyrrole nitrogens is 1. The smallest absolute Gasteiger partial charge is 0.187 e. The van der Waals surface area contributed by atoms with E-state index in [1.165, 1.54) is 0 Å². The van der Waals surface area contributed by atoms with Gasteiger partial charge in [-0.15, -0.1) is 17.5 Å². The summed E-state index contributed by atoms with van der Waals surface area (Å²) in [4.78, 5) is 3.25. The fraction of sp³-hybridized carbons (Fsp3) is 0.0909. The minimum atomic E-state index is 0. The van der Waals surface area contributed by atoms with Crippen LogP contribution in [0, 0.1) is 0 Å². The highest BCUT2D eigenvalue weighted by molar-refractivity contribution is 6.10. The standard InChI is InChI=1S/C11H11N5O.ClH/c1-17-6-2-3-9-7(4-6)8-5-13-16-11(15-12)10(8)14-9;/h2-5,14H,12H2,1H3,(H,15,16);1H. The number of hydrazine groups is 1. The predicted octanol–water partition coefficient (Wildman–Crippen LogP) is 1.83. The molecule has 0 spiro atoms. The number of nitrogens with one attached hydrogen (secondary N) is 2. The van der Waals surface area contributed by atoms with E-state index in [0.717, 1.165) is 27.6 Å². The number of rotatable bonds is 2. The van der Waals surface area contributed by atoms with E-state index >= 15 is 0 Å². The summed E-state index contributed by atoms with van der Waals surface area (Å²) in [6.07, 6.45) is 1.70. The van der Waals surface area contributed by atoms with Crippen LogP contribution in [-0.2, 0) is 0 Å². The molecule has 18 heavy (non-hydrogen) atoms. The Hall–Kier alpha value is -2.05. The Morgan fingerprint density at radius 3 is 2.89 bits per heavy atom. The molecule has 2 heterocycles. The third kappa shape index (κ3) is 1.71. The minimum Gasteiger partial charge on any atom is -0.497 e. The molecule has 2 aromatic heterocycles. The number of halogens is 1. The van der Waals surface area contributed by atoms with Crippen molar-refractivity contribution in [3.63, 3.8) is 0 Å². The van der Waals surface area contributed by atoms with Gasteiger partial charge in [-0.05, 0) is 18.2 Å². The van der Waals surface area contributed by atoms with E-state index in [4.69, 9.17) is 10.6 Å². The van der Waals surface area contributed by atoms with Crippen molar-refractivity contribution in [3.8, 4) is 5.75 Å². The average Bonchev–Trinajstić information content (AvgIpc) is 2.76. The maximum Gasteiger partial charge on any atom is 0.187 e. The van der Waals surface area contributed by atoms with Crippen molar-refractivity contribution in [1.82, 2.24) is 15.2 Å². The fourth-order valence-corrected chi connectivity index (χ4v) is 1.94. The summed E-state index contributed by atoms with van der Waals surface area (Å²) in [7, 11) is 1.64. The van der Waals surface area contributed by atoms with Gasteiger partial charge in [0.1, 0.15) is 5.75 Å². The minimum absolute atomic E-state index is 0. The van der Waals surface area contributed by atoms with Crippen LogP contribution in [0.15, 0.2) is 24.4 Å². The van der Waals surface area contributed by atoms with Crippen LogP contribution in [0.5, 0.6) is 5.75 Å². The van der Waals surface area contributed by atoms with Gasteiger partial charge >= 0.3 is 0 Å². The van der Waals surface area contributed by atoms with Crippen molar-refractivity contribution in [1.29, 1.82) is 0 Å². The van der Waals surface area contributed by atoms with E-state index < -0.39 is 0 Å². The zero-order valence-electron chi connectivity index (χ0n) is 9.60. The zero-order valence-corrected chi connectivity index (χ0v) is 10.4. The Kier molecular flexibility index (Phi) is 3.22. The number of fused-ring (bicyclic) bond motifs is 3. The molecule has 1 aromatic carbocycles. The molecule has 0 aliphatic rings. The lowest BCUT2D eigenvalue weighted by atomic mass is 10.2. The molecule has 0 radical (unpaired) electrons. The summed E-state index contributed by atoms with van der Waals surface area (Å²) < 4.78 is 5.21. The van der Waals surface area contributed by atoms with Crippen LogP contribution < -0.4 is 16.0 Å². The maximum absolute atomic E-state index is 5.40. The van der Waals surface area contributed by atoms with Crippen LogP contribution in [0.3, 0.4) is 0 Å². The largest absolute Gasteiger partial charge is 0.497 e. The fourth-order valence-electron chi connectivity index (χ4n) is 1.94. The Labute approximate surface area is 109 Å². The van der Waals surface area contributed by atoms with Crippen LogP contribution >= 0.6 is 12.4 Å². The monoisotopic (exact) mass is 265 g/mol. The van der Waals surface area contributed by atoms with Crippen molar-refractivity contribution < 1.29 is 4.74 Å². The predicted molar refractivity (Wildman–Crippen MR) is 73.0 cm³/mol. The van der Waals surface area contributed by atoms with Crippen molar-refractivity contribution in [2.45, 2.75) is 0 Å². The van der Waals surface area contributed by atoms with E-state index in [9.17, 15) is 0 Å². The molecular formula is C11H12ClN5O. The summed E-state index contributed by atoms with van der Waals surface area (Å²) in [5.41, 5.74) is 4.35. The number of nitrogens with zero attached hydrogens (tertiary/aromatic N) is 2. The molecule has 4 N–H and O–H groups in total. The van der Waals surface area contributed by atoms with Gasteiger partial charge in [-0.2, -0.15) is 5.10 Å². The molecule has 0 aliphatic carbocycles. The van der Waals surface area contributed by atoms with Crippen molar-refractivity contribution >= 4 is 40.0 Å². The highest BCUT2D eigenvalue weighted by Crippen LogP contribution is 2.30. The summed E-state index contributed by atoms with van der Waals surface area (Å²) in [6.45, 7) is 0. The second kappa shape index (κ2) is 4.67. The molecule has 3 aromatic rings. The number of hydrogen-bond acceptors (Lipinski definition) is 5. The highest BCUT2D eigenvalue weighted by Gasteiger charge is 2.09. The molecule has 94 valence electrons. The molecule has 0 saturated heterocycles. The van der Waals surface area contributed by atoms with Gasteiger partial charge in [-0.1, -0.05) is 0 Å². The van der Waals surface area contributed by atoms with Gasteiger partial charge < -0.3 is 15.1 Å². The summed E-state index contributed by atoms with van der Waals surface area (Å²) in [5.74, 6) is 6.73. The van der Waals surface area contributed by atoms with Crippen LogP contribution in [0.2, 0.25) is 0 Å². The first kappa shape index (κ1) is 12.4. The number of benzene rings is 1. The molecule has 0 fully saturated rings. The van der Waals surface area contributed by atoms with Gasteiger partial charge in [0.2, 0.25) is 0 Å². The molecule has 3 rings (SSSR count). The molecule has 6 nitrogen and oxygen atoms in total. The first-order valence-electron chi connectivity index (χ1n) is 5.11. The SMILES string of the molecule is COc1ccc2[nH]c3c(NN)nncc3c2c1.Cl. The molecule has 0 aliphatic heterocycles. The van der Waals surface area contributed by atoms with Crippen LogP contribution in [0.4, 0.5) is 5.82 Å². The second-order valence-electron chi connectivity index (χ2n) is 3.66. The first-order chi connectivity index (χ1) is 8.33. The maximum atomic E-state index is 5.40. The Morgan fingerprint density at radius 1 is 1.33 bits per heavy atom. The van der Waals surface area contributed by atoms with Crippen LogP contribution in [0.25, 0.3) is 21.8 Å². The van der Waals surface area contributed by atoms with Crippen molar-refractivity contribution in [2.24, 2.45) is 5.84 Å². The van der Waals surface area contributed by atoms with Gasteiger partial charge in [-0.3, -0.25) is 0 Å². The van der Waals surface area contributed by atoms with E-state index in [2.05, 4.69) is 20.6 Å². The van der Waals surface area contributed by atoms with Gasteiger partial charge in [0.15, 0.2) is 5.82 Å². The van der Waals surface area contributed by atoms with E-state index in [-0.39, 0.29) is 12.4 Å². The van der Waals surface area contributed by atoms with Crippen molar-refractivity contribution in [2.75, 3.05) is 12.5 Å². The Balaban J connectivity index is 0.00000120. The quantitative estimate of drug-likeness (QED) is 0.486. The third-order valence-electron chi connectivity index (χ3n) is 2.76.